The molecule has 22 heavy (non-hydrogen) atoms. The molecule has 0 aromatic heterocycles. The zero-order valence-corrected chi connectivity index (χ0v) is 14.8. The van der Waals surface area contributed by atoms with E-state index in [9.17, 15) is 10.1 Å². The van der Waals surface area contributed by atoms with Crippen molar-refractivity contribution in [1.29, 1.82) is 0 Å². The molecule has 0 unspecified atom stereocenters. The van der Waals surface area contributed by atoms with Gasteiger partial charge in [-0.1, -0.05) is 20.8 Å². The summed E-state index contributed by atoms with van der Waals surface area (Å²) in [6, 6.07) is 4.59. The van der Waals surface area contributed by atoms with E-state index in [2.05, 4.69) is 39.2 Å². The highest BCUT2D eigenvalue weighted by atomic mass is 28.4. The minimum absolute atomic E-state index is 0.0609. The number of hydrogen-bond acceptors (Lipinski definition) is 5. The molecule has 0 saturated heterocycles. The number of nitrogens with zero attached hydrogens (tertiary/aromatic N) is 1. The Kier molecular flexibility index (Phi) is 4.48. The normalized spacial score (nSPS) is 18.1. The van der Waals surface area contributed by atoms with Crippen LogP contribution in [0.25, 0.3) is 0 Å². The van der Waals surface area contributed by atoms with E-state index >= 15 is 0 Å². The molecule has 6 nitrogen and oxygen atoms in total. The van der Waals surface area contributed by atoms with Gasteiger partial charge in [-0.25, -0.2) is 0 Å². The molecule has 122 valence electrons. The van der Waals surface area contributed by atoms with Crippen molar-refractivity contribution in [3.05, 3.63) is 28.3 Å². The van der Waals surface area contributed by atoms with Gasteiger partial charge in [-0.15, -0.1) is 0 Å². The van der Waals surface area contributed by atoms with Gasteiger partial charge in [0, 0.05) is 12.1 Å². The minimum atomic E-state index is -1.80. The molecule has 0 amide bonds. The molecule has 0 spiro atoms. The number of hydrogen-bond donors (Lipinski definition) is 1. The van der Waals surface area contributed by atoms with Crippen molar-refractivity contribution >= 4 is 19.7 Å². The summed E-state index contributed by atoms with van der Waals surface area (Å²) in [6.07, 6.45) is -0.0805. The third-order valence-corrected chi connectivity index (χ3v) is 8.92. The van der Waals surface area contributed by atoms with Crippen LogP contribution in [0.5, 0.6) is 5.75 Å². The van der Waals surface area contributed by atoms with Gasteiger partial charge in [-0.05, 0) is 24.2 Å². The Bertz CT molecular complexity index is 569. The molecule has 0 bridgehead atoms. The lowest BCUT2D eigenvalue weighted by Crippen LogP contribution is -2.45. The number of nitro benzene ring substituents is 1. The Morgan fingerprint density at radius 1 is 1.45 bits per heavy atom. The second-order valence-corrected chi connectivity index (χ2v) is 11.9. The standard InChI is InChI=1S/C15H24N2O4Si/c1-15(2,3)22(4,5)20-10-12-9-16-13-8-11(17(18)19)6-7-14(13)21-12/h6-8,12,16H,9-10H2,1-5H3/t12-/m0/s1. The van der Waals surface area contributed by atoms with E-state index in [1.165, 1.54) is 12.1 Å². The van der Waals surface area contributed by atoms with Gasteiger partial charge in [-0.3, -0.25) is 10.1 Å². The zero-order valence-electron chi connectivity index (χ0n) is 13.8. The van der Waals surface area contributed by atoms with E-state index in [0.717, 1.165) is 0 Å². The number of nitro groups is 1. The molecular weight excluding hydrogens is 300 g/mol. The molecule has 0 radical (unpaired) electrons. The molecule has 0 fully saturated rings. The summed E-state index contributed by atoms with van der Waals surface area (Å²) < 4.78 is 12.1. The number of benzene rings is 1. The van der Waals surface area contributed by atoms with Crippen molar-refractivity contribution in [3.63, 3.8) is 0 Å². The van der Waals surface area contributed by atoms with Crippen LogP contribution in [0, 0.1) is 10.1 Å². The van der Waals surface area contributed by atoms with Gasteiger partial charge in [0.1, 0.15) is 11.9 Å². The predicted molar refractivity (Wildman–Crippen MR) is 89.2 cm³/mol. The summed E-state index contributed by atoms with van der Waals surface area (Å²) >= 11 is 0. The average molecular weight is 324 g/mol. The average Bonchev–Trinajstić information content (AvgIpc) is 2.43. The van der Waals surface area contributed by atoms with Crippen LogP contribution in [0.4, 0.5) is 11.4 Å². The van der Waals surface area contributed by atoms with Crippen molar-refractivity contribution < 1.29 is 14.1 Å². The largest absolute Gasteiger partial charge is 0.484 e. The highest BCUT2D eigenvalue weighted by molar-refractivity contribution is 6.74. The van der Waals surface area contributed by atoms with E-state index in [1.807, 2.05) is 0 Å². The molecular formula is C15H24N2O4Si. The van der Waals surface area contributed by atoms with Gasteiger partial charge >= 0.3 is 0 Å². The third-order valence-electron chi connectivity index (χ3n) is 4.42. The van der Waals surface area contributed by atoms with Crippen LogP contribution in [-0.2, 0) is 4.43 Å². The van der Waals surface area contributed by atoms with E-state index < -0.39 is 13.2 Å². The smallest absolute Gasteiger partial charge is 0.271 e. The van der Waals surface area contributed by atoms with Crippen LogP contribution >= 0.6 is 0 Å². The monoisotopic (exact) mass is 324 g/mol. The molecule has 1 aliphatic heterocycles. The van der Waals surface area contributed by atoms with Crippen LogP contribution in [0.15, 0.2) is 18.2 Å². The Morgan fingerprint density at radius 2 is 2.14 bits per heavy atom. The summed E-state index contributed by atoms with van der Waals surface area (Å²) in [5.41, 5.74) is 0.726. The van der Waals surface area contributed by atoms with Crippen LogP contribution in [0.3, 0.4) is 0 Å². The maximum atomic E-state index is 10.8. The fourth-order valence-corrected chi connectivity index (χ4v) is 2.96. The maximum absolute atomic E-state index is 10.8. The molecule has 2 rings (SSSR count). The molecule has 0 saturated carbocycles. The van der Waals surface area contributed by atoms with Crippen molar-refractivity contribution in [2.75, 3.05) is 18.5 Å². The number of anilines is 1. The molecule has 1 heterocycles. The Morgan fingerprint density at radius 3 is 2.73 bits per heavy atom. The number of fused-ring (bicyclic) bond motifs is 1. The summed E-state index contributed by atoms with van der Waals surface area (Å²) in [5, 5.41) is 14.1. The second-order valence-electron chi connectivity index (χ2n) is 7.13. The fraction of sp³-hybridized carbons (Fsp3) is 0.600. The lowest BCUT2D eigenvalue weighted by atomic mass is 10.2. The summed E-state index contributed by atoms with van der Waals surface area (Å²) in [7, 11) is -1.80. The topological polar surface area (TPSA) is 73.6 Å². The second kappa shape index (κ2) is 5.89. The van der Waals surface area contributed by atoms with E-state index in [1.54, 1.807) is 6.07 Å². The Labute approximate surface area is 132 Å². The number of rotatable bonds is 4. The fourth-order valence-electron chi connectivity index (χ4n) is 1.93. The van der Waals surface area contributed by atoms with Crippen molar-refractivity contribution in [3.8, 4) is 5.75 Å². The first kappa shape index (κ1) is 16.8. The molecule has 7 heteroatoms. The number of ether oxygens (including phenoxy) is 1. The Balaban J connectivity index is 2.00. The van der Waals surface area contributed by atoms with Gasteiger partial charge in [-0.2, -0.15) is 0 Å². The van der Waals surface area contributed by atoms with Crippen LogP contribution in [0.1, 0.15) is 20.8 Å². The highest BCUT2D eigenvalue weighted by Gasteiger charge is 2.38. The van der Waals surface area contributed by atoms with Crippen LogP contribution in [0.2, 0.25) is 18.1 Å². The predicted octanol–water partition coefficient (Wildman–Crippen LogP) is 3.79. The lowest BCUT2D eigenvalue weighted by Gasteiger charge is -2.38. The van der Waals surface area contributed by atoms with Crippen molar-refractivity contribution in [1.82, 2.24) is 0 Å². The zero-order chi connectivity index (χ0) is 16.5. The van der Waals surface area contributed by atoms with E-state index in [-0.39, 0.29) is 16.8 Å². The molecule has 1 aliphatic rings. The summed E-state index contributed by atoms with van der Waals surface area (Å²) in [6.45, 7) is 12.1. The molecule has 1 aromatic carbocycles. The molecule has 0 aliphatic carbocycles. The minimum Gasteiger partial charge on any atom is -0.484 e. The van der Waals surface area contributed by atoms with Gasteiger partial charge < -0.3 is 14.5 Å². The van der Waals surface area contributed by atoms with E-state index in [0.29, 0.717) is 24.6 Å². The van der Waals surface area contributed by atoms with E-state index in [4.69, 9.17) is 9.16 Å². The summed E-state index contributed by atoms with van der Waals surface area (Å²) in [5.74, 6) is 0.640. The molecule has 1 atom stereocenters. The first-order valence-electron chi connectivity index (χ1n) is 7.43. The first-order chi connectivity index (χ1) is 10.1. The van der Waals surface area contributed by atoms with Gasteiger partial charge in [0.25, 0.3) is 5.69 Å². The maximum Gasteiger partial charge on any atom is 0.271 e. The molecule has 1 N–H and O–H groups in total. The first-order valence-corrected chi connectivity index (χ1v) is 10.3. The SMILES string of the molecule is CC(C)(C)[Si](C)(C)OC[C@@H]1CNc2cc([N+](=O)[O-])ccc2O1. The third kappa shape index (κ3) is 3.59. The van der Waals surface area contributed by atoms with Gasteiger partial charge in [0.2, 0.25) is 0 Å². The lowest BCUT2D eigenvalue weighted by molar-refractivity contribution is -0.384. The Hall–Kier alpha value is -1.60. The summed E-state index contributed by atoms with van der Waals surface area (Å²) in [4.78, 5) is 10.4. The highest BCUT2D eigenvalue weighted by Crippen LogP contribution is 2.37. The van der Waals surface area contributed by atoms with Gasteiger partial charge in [0.15, 0.2) is 8.32 Å². The molecule has 1 aromatic rings. The van der Waals surface area contributed by atoms with Crippen molar-refractivity contribution in [2.24, 2.45) is 0 Å². The number of nitrogens with one attached hydrogen (secondary N) is 1. The van der Waals surface area contributed by atoms with Crippen LogP contribution in [-0.4, -0.2) is 32.5 Å². The quantitative estimate of drug-likeness (QED) is 0.518. The van der Waals surface area contributed by atoms with Crippen molar-refractivity contribution in [2.45, 2.75) is 45.0 Å². The van der Waals surface area contributed by atoms with Gasteiger partial charge in [0.05, 0.1) is 23.8 Å². The number of non-ortho nitro benzene ring substituents is 1. The van der Waals surface area contributed by atoms with Crippen LogP contribution < -0.4 is 10.1 Å².